The number of sulfone groups is 1. The van der Waals surface area contributed by atoms with Gasteiger partial charge in [0.15, 0.2) is 9.84 Å². The van der Waals surface area contributed by atoms with E-state index in [9.17, 15) is 12.8 Å². The Bertz CT molecular complexity index is 476. The largest absolute Gasteiger partial charge is 0.396 e. The lowest BCUT2D eigenvalue weighted by Gasteiger charge is -2.11. The maximum atomic E-state index is 13.6. The first kappa shape index (κ1) is 13.6. The van der Waals surface area contributed by atoms with Crippen LogP contribution in [0.25, 0.3) is 0 Å². The normalized spacial score (nSPS) is 13.8. The zero-order chi connectivity index (χ0) is 12.5. The van der Waals surface area contributed by atoms with Crippen LogP contribution in [-0.2, 0) is 9.84 Å². The maximum Gasteiger partial charge on any atom is 0.179 e. The van der Waals surface area contributed by atoms with E-state index in [2.05, 4.69) is 15.9 Å². The highest BCUT2D eigenvalue weighted by molar-refractivity contribution is 9.10. The molecule has 1 N–H and O–H groups in total. The lowest BCUT2D eigenvalue weighted by Crippen LogP contribution is -2.06. The first-order chi connectivity index (χ1) is 7.27. The van der Waals surface area contributed by atoms with E-state index in [1.165, 1.54) is 6.07 Å². The van der Waals surface area contributed by atoms with Crippen molar-refractivity contribution in [2.75, 3.05) is 12.9 Å². The van der Waals surface area contributed by atoms with Gasteiger partial charge in [0.2, 0.25) is 0 Å². The summed E-state index contributed by atoms with van der Waals surface area (Å²) in [5.74, 6) is -1.04. The minimum Gasteiger partial charge on any atom is -0.396 e. The molecule has 1 rings (SSSR count). The molecule has 90 valence electrons. The van der Waals surface area contributed by atoms with Crippen LogP contribution in [0.1, 0.15) is 18.4 Å². The van der Waals surface area contributed by atoms with Gasteiger partial charge < -0.3 is 5.11 Å². The molecule has 1 atom stereocenters. The second kappa shape index (κ2) is 4.81. The molecule has 0 aliphatic rings. The predicted molar refractivity (Wildman–Crippen MR) is 62.7 cm³/mol. The van der Waals surface area contributed by atoms with Crippen LogP contribution in [0.3, 0.4) is 0 Å². The molecule has 0 bridgehead atoms. The lowest BCUT2D eigenvalue weighted by atomic mass is 10.0. The Morgan fingerprint density at radius 3 is 2.44 bits per heavy atom. The Balaban J connectivity index is 3.40. The number of aliphatic hydroxyl groups is 1. The van der Waals surface area contributed by atoms with Crippen molar-refractivity contribution >= 4 is 25.8 Å². The summed E-state index contributed by atoms with van der Waals surface area (Å²) in [6.45, 7) is 1.60. The molecule has 0 radical (unpaired) electrons. The van der Waals surface area contributed by atoms with Crippen LogP contribution >= 0.6 is 15.9 Å². The van der Waals surface area contributed by atoms with Gasteiger partial charge in [-0.2, -0.15) is 0 Å². The summed E-state index contributed by atoms with van der Waals surface area (Å²) in [7, 11) is -3.60. The smallest absolute Gasteiger partial charge is 0.179 e. The van der Waals surface area contributed by atoms with Crippen molar-refractivity contribution in [1.29, 1.82) is 0 Å². The first-order valence-corrected chi connectivity index (χ1v) is 7.25. The van der Waals surface area contributed by atoms with E-state index in [-0.39, 0.29) is 21.9 Å². The minimum atomic E-state index is -3.60. The zero-order valence-corrected chi connectivity index (χ0v) is 11.3. The van der Waals surface area contributed by atoms with Gasteiger partial charge in [-0.05, 0) is 33.6 Å². The van der Waals surface area contributed by atoms with Gasteiger partial charge in [0.25, 0.3) is 0 Å². The Kier molecular flexibility index (Phi) is 4.09. The number of hydrogen-bond donors (Lipinski definition) is 1. The molecular weight excluding hydrogens is 299 g/mol. The Morgan fingerprint density at radius 2 is 2.06 bits per heavy atom. The van der Waals surface area contributed by atoms with Crippen LogP contribution in [-0.4, -0.2) is 26.4 Å². The summed E-state index contributed by atoms with van der Waals surface area (Å²) in [6.07, 6.45) is 0.950. The van der Waals surface area contributed by atoms with Crippen LogP contribution in [0, 0.1) is 5.82 Å². The van der Waals surface area contributed by atoms with Crippen LogP contribution < -0.4 is 0 Å². The fourth-order valence-electron chi connectivity index (χ4n) is 1.32. The van der Waals surface area contributed by atoms with Gasteiger partial charge >= 0.3 is 0 Å². The Morgan fingerprint density at radius 1 is 1.50 bits per heavy atom. The van der Waals surface area contributed by atoms with Crippen LogP contribution in [0.5, 0.6) is 0 Å². The number of halogens is 2. The molecule has 0 heterocycles. The molecule has 0 saturated carbocycles. The van der Waals surface area contributed by atoms with Crippen molar-refractivity contribution in [3.05, 3.63) is 28.0 Å². The van der Waals surface area contributed by atoms with Crippen LogP contribution in [0.2, 0.25) is 0 Å². The molecule has 0 aliphatic heterocycles. The van der Waals surface area contributed by atoms with E-state index in [1.54, 1.807) is 6.92 Å². The van der Waals surface area contributed by atoms with E-state index in [4.69, 9.17) is 5.11 Å². The zero-order valence-electron chi connectivity index (χ0n) is 8.87. The molecule has 0 aromatic heterocycles. The summed E-state index contributed by atoms with van der Waals surface area (Å²) < 4.78 is 36.4. The minimum absolute atomic E-state index is 0.121. The van der Waals surface area contributed by atoms with Crippen molar-refractivity contribution in [3.8, 4) is 0 Å². The first-order valence-electron chi connectivity index (χ1n) is 4.57. The quantitative estimate of drug-likeness (QED) is 0.930. The fourth-order valence-corrected chi connectivity index (χ4v) is 3.49. The molecule has 6 heteroatoms. The van der Waals surface area contributed by atoms with E-state index in [1.807, 2.05) is 0 Å². The molecular formula is C10H12BrFO3S. The van der Waals surface area contributed by atoms with Crippen molar-refractivity contribution in [2.24, 2.45) is 0 Å². The van der Waals surface area contributed by atoms with Gasteiger partial charge in [0.05, 0.1) is 0 Å². The van der Waals surface area contributed by atoms with Gasteiger partial charge in [0.1, 0.15) is 10.7 Å². The van der Waals surface area contributed by atoms with Crippen molar-refractivity contribution in [1.82, 2.24) is 0 Å². The highest BCUT2D eigenvalue weighted by Crippen LogP contribution is 2.29. The number of hydrogen-bond acceptors (Lipinski definition) is 3. The monoisotopic (exact) mass is 310 g/mol. The summed E-state index contributed by atoms with van der Waals surface area (Å²) >= 11 is 3.03. The molecule has 1 unspecified atom stereocenters. The second-order valence-electron chi connectivity index (χ2n) is 3.67. The SMILES string of the molecule is CC(CO)c1cc(F)c(S(C)(=O)=O)c(Br)c1. The lowest BCUT2D eigenvalue weighted by molar-refractivity contribution is 0.272. The van der Waals surface area contributed by atoms with Crippen molar-refractivity contribution in [3.63, 3.8) is 0 Å². The average molecular weight is 311 g/mol. The molecule has 1 aromatic rings. The number of aliphatic hydroxyl groups excluding tert-OH is 1. The maximum absolute atomic E-state index is 13.6. The number of rotatable bonds is 3. The molecule has 0 aliphatic carbocycles. The summed E-state index contributed by atoms with van der Waals surface area (Å²) in [4.78, 5) is -0.346. The summed E-state index contributed by atoms with van der Waals surface area (Å²) in [6, 6.07) is 2.66. The summed E-state index contributed by atoms with van der Waals surface area (Å²) in [5.41, 5.74) is 0.555. The van der Waals surface area contributed by atoms with Crippen LogP contribution in [0.4, 0.5) is 4.39 Å². The second-order valence-corrected chi connectivity index (χ2v) is 6.48. The van der Waals surface area contributed by atoms with Crippen molar-refractivity contribution in [2.45, 2.75) is 17.7 Å². The van der Waals surface area contributed by atoms with E-state index in [0.717, 1.165) is 12.3 Å². The van der Waals surface area contributed by atoms with E-state index >= 15 is 0 Å². The van der Waals surface area contributed by atoms with Gasteiger partial charge in [-0.15, -0.1) is 0 Å². The third-order valence-electron chi connectivity index (χ3n) is 2.23. The molecule has 0 amide bonds. The average Bonchev–Trinajstić information content (AvgIpc) is 2.13. The molecule has 0 fully saturated rings. The molecule has 1 aromatic carbocycles. The topological polar surface area (TPSA) is 54.4 Å². The Hall–Kier alpha value is -0.460. The van der Waals surface area contributed by atoms with Gasteiger partial charge in [0, 0.05) is 23.3 Å². The van der Waals surface area contributed by atoms with Gasteiger partial charge in [-0.25, -0.2) is 12.8 Å². The predicted octanol–water partition coefficient (Wildman–Crippen LogP) is 2.09. The summed E-state index contributed by atoms with van der Waals surface area (Å²) in [5, 5.41) is 8.94. The standard InChI is InChI=1S/C10H12BrFO3S/c1-6(5-13)7-3-8(11)10(9(12)4-7)16(2,14)15/h3-4,6,13H,5H2,1-2H3. The Labute approximate surface area is 102 Å². The number of benzene rings is 1. The molecule has 16 heavy (non-hydrogen) atoms. The van der Waals surface area contributed by atoms with E-state index in [0.29, 0.717) is 5.56 Å². The fraction of sp³-hybridized carbons (Fsp3) is 0.400. The molecule has 0 saturated heterocycles. The third kappa shape index (κ3) is 2.81. The van der Waals surface area contributed by atoms with E-state index < -0.39 is 15.7 Å². The van der Waals surface area contributed by atoms with Gasteiger partial charge in [-0.1, -0.05) is 6.92 Å². The van der Waals surface area contributed by atoms with Crippen LogP contribution in [0.15, 0.2) is 21.5 Å². The molecule has 0 spiro atoms. The van der Waals surface area contributed by atoms with Crippen molar-refractivity contribution < 1.29 is 17.9 Å². The third-order valence-corrected chi connectivity index (χ3v) is 4.28. The highest BCUT2D eigenvalue weighted by atomic mass is 79.9. The van der Waals surface area contributed by atoms with Gasteiger partial charge in [-0.3, -0.25) is 0 Å². The highest BCUT2D eigenvalue weighted by Gasteiger charge is 2.20. The molecule has 3 nitrogen and oxygen atoms in total.